The Bertz CT molecular complexity index is 1130. The highest BCUT2D eigenvalue weighted by Crippen LogP contribution is 2.31. The quantitative estimate of drug-likeness (QED) is 0.418. The third kappa shape index (κ3) is 4.99. The van der Waals surface area contributed by atoms with Crippen molar-refractivity contribution in [2.75, 3.05) is 28.7 Å². The summed E-state index contributed by atoms with van der Waals surface area (Å²) >= 11 is 3.58. The maximum atomic E-state index is 12.0. The highest BCUT2D eigenvalue weighted by atomic mass is 79.9. The van der Waals surface area contributed by atoms with E-state index in [-0.39, 0.29) is 18.4 Å². The van der Waals surface area contributed by atoms with Crippen molar-refractivity contribution in [2.24, 2.45) is 5.92 Å². The first-order valence-electron chi connectivity index (χ1n) is 11.7. The third-order valence-electron chi connectivity index (χ3n) is 6.44. The first kappa shape index (κ1) is 22.2. The Labute approximate surface area is 201 Å². The molecule has 9 heteroatoms. The van der Waals surface area contributed by atoms with Gasteiger partial charge in [-0.3, -0.25) is 4.79 Å². The molecule has 1 unspecified atom stereocenters. The predicted octanol–water partition coefficient (Wildman–Crippen LogP) is 4.19. The molecule has 8 nitrogen and oxygen atoms in total. The van der Waals surface area contributed by atoms with Gasteiger partial charge in [-0.15, -0.1) is 0 Å². The molecular weight excluding hydrogens is 484 g/mol. The summed E-state index contributed by atoms with van der Waals surface area (Å²) < 4.78 is 2.65. The smallest absolute Gasteiger partial charge is 0.227 e. The fraction of sp³-hybridized carbons (Fsp3) is 0.458. The highest BCUT2D eigenvalue weighted by molar-refractivity contribution is 9.10. The standard InChI is InChI=1S/C24H29BrN6O2/c25-20-15-27-31-21(13-22(29-23(20)31)30-11-2-1-3-19(30)10-12-32)26-14-16-4-8-18(9-5-16)28-24(33)17-6-7-17/h4-5,8-9,13,15,17,19,26,32H,1-3,6-7,10-12,14H2,(H,28,33). The minimum Gasteiger partial charge on any atom is -0.396 e. The molecule has 3 heterocycles. The minimum atomic E-state index is 0.119. The second-order valence-electron chi connectivity index (χ2n) is 8.90. The van der Waals surface area contributed by atoms with Crippen LogP contribution in [0.5, 0.6) is 0 Å². The van der Waals surface area contributed by atoms with E-state index in [1.807, 2.05) is 34.8 Å². The topological polar surface area (TPSA) is 94.8 Å². The molecule has 0 spiro atoms. The highest BCUT2D eigenvalue weighted by Gasteiger charge is 2.29. The number of nitrogens with zero attached hydrogens (tertiary/aromatic N) is 4. The molecule has 0 radical (unpaired) electrons. The molecule has 1 atom stereocenters. The van der Waals surface area contributed by atoms with E-state index in [4.69, 9.17) is 4.98 Å². The van der Waals surface area contributed by atoms with E-state index in [9.17, 15) is 9.90 Å². The van der Waals surface area contributed by atoms with Gasteiger partial charge in [-0.1, -0.05) is 12.1 Å². The van der Waals surface area contributed by atoms with Crippen LogP contribution in [-0.2, 0) is 11.3 Å². The number of hydrogen-bond donors (Lipinski definition) is 3. The van der Waals surface area contributed by atoms with Crippen molar-refractivity contribution >= 4 is 44.8 Å². The lowest BCUT2D eigenvalue weighted by atomic mass is 9.99. The summed E-state index contributed by atoms with van der Waals surface area (Å²) in [4.78, 5) is 19.2. The zero-order valence-corrected chi connectivity index (χ0v) is 20.1. The van der Waals surface area contributed by atoms with Crippen LogP contribution in [0.4, 0.5) is 17.3 Å². The predicted molar refractivity (Wildman–Crippen MR) is 132 cm³/mol. The molecule has 2 aromatic heterocycles. The fourth-order valence-corrected chi connectivity index (χ4v) is 4.78. The molecule has 2 aliphatic rings. The zero-order valence-electron chi connectivity index (χ0n) is 18.5. The number of nitrogens with one attached hydrogen (secondary N) is 2. The largest absolute Gasteiger partial charge is 0.396 e. The Kier molecular flexibility index (Phi) is 6.50. The number of amides is 1. The number of rotatable bonds is 8. The summed E-state index contributed by atoms with van der Waals surface area (Å²) in [6.07, 6.45) is 7.88. The van der Waals surface area contributed by atoms with Crippen molar-refractivity contribution < 1.29 is 9.90 Å². The zero-order chi connectivity index (χ0) is 22.8. The lowest BCUT2D eigenvalue weighted by Gasteiger charge is -2.36. The molecule has 2 fully saturated rings. The van der Waals surface area contributed by atoms with E-state index in [1.54, 1.807) is 6.20 Å². The van der Waals surface area contributed by atoms with Crippen LogP contribution >= 0.6 is 15.9 Å². The molecule has 174 valence electrons. The molecule has 1 amide bonds. The van der Waals surface area contributed by atoms with Gasteiger partial charge in [-0.05, 0) is 72.2 Å². The normalized spacial score (nSPS) is 18.5. The summed E-state index contributed by atoms with van der Waals surface area (Å²) in [7, 11) is 0. The third-order valence-corrected chi connectivity index (χ3v) is 7.00. The van der Waals surface area contributed by atoms with Crippen LogP contribution in [0, 0.1) is 5.92 Å². The number of piperidine rings is 1. The Morgan fingerprint density at radius 2 is 2.00 bits per heavy atom. The van der Waals surface area contributed by atoms with Crippen LogP contribution in [0.1, 0.15) is 44.1 Å². The second-order valence-corrected chi connectivity index (χ2v) is 9.75. The molecule has 1 saturated heterocycles. The van der Waals surface area contributed by atoms with Gasteiger partial charge in [0.05, 0.1) is 10.7 Å². The Balaban J connectivity index is 1.34. The number of halogens is 1. The van der Waals surface area contributed by atoms with Gasteiger partial charge in [-0.25, -0.2) is 4.98 Å². The van der Waals surface area contributed by atoms with Crippen molar-refractivity contribution in [1.29, 1.82) is 0 Å². The lowest BCUT2D eigenvalue weighted by molar-refractivity contribution is -0.117. The van der Waals surface area contributed by atoms with E-state index in [2.05, 4.69) is 36.6 Å². The van der Waals surface area contributed by atoms with Crippen LogP contribution < -0.4 is 15.5 Å². The molecule has 3 N–H and O–H groups in total. The minimum absolute atomic E-state index is 0.119. The number of fused-ring (bicyclic) bond motifs is 1. The first-order valence-corrected chi connectivity index (χ1v) is 12.5. The van der Waals surface area contributed by atoms with Crippen molar-refractivity contribution in [3.63, 3.8) is 0 Å². The molecule has 1 aliphatic carbocycles. The number of carbonyl (C=O) groups is 1. The maximum Gasteiger partial charge on any atom is 0.227 e. The summed E-state index contributed by atoms with van der Waals surface area (Å²) in [6.45, 7) is 1.74. The van der Waals surface area contributed by atoms with Crippen LogP contribution in [0.15, 0.2) is 41.0 Å². The number of carbonyl (C=O) groups excluding carboxylic acids is 1. The average Bonchev–Trinajstić information content (AvgIpc) is 3.62. The Hall–Kier alpha value is -2.65. The Morgan fingerprint density at radius 3 is 2.76 bits per heavy atom. The molecule has 5 rings (SSSR count). The van der Waals surface area contributed by atoms with Crippen LogP contribution in [-0.4, -0.2) is 44.8 Å². The molecule has 1 saturated carbocycles. The van der Waals surface area contributed by atoms with Crippen LogP contribution in [0.3, 0.4) is 0 Å². The monoisotopic (exact) mass is 512 g/mol. The van der Waals surface area contributed by atoms with Gasteiger partial charge in [-0.2, -0.15) is 9.61 Å². The number of aliphatic hydroxyl groups is 1. The van der Waals surface area contributed by atoms with Crippen molar-refractivity contribution in [2.45, 2.75) is 51.1 Å². The van der Waals surface area contributed by atoms with Crippen LogP contribution in [0.2, 0.25) is 0 Å². The lowest BCUT2D eigenvalue weighted by Crippen LogP contribution is -2.40. The maximum absolute atomic E-state index is 12.0. The SMILES string of the molecule is O=C(Nc1ccc(CNc2cc(N3CCCCC3CCO)nc3c(Br)cnn23)cc1)C1CC1. The van der Waals surface area contributed by atoms with Gasteiger partial charge in [0, 0.05) is 43.4 Å². The number of hydrogen-bond acceptors (Lipinski definition) is 6. The van der Waals surface area contributed by atoms with Crippen molar-refractivity contribution in [3.8, 4) is 0 Å². The van der Waals surface area contributed by atoms with E-state index in [1.165, 1.54) is 6.42 Å². The first-order chi connectivity index (χ1) is 16.1. The van der Waals surface area contributed by atoms with Gasteiger partial charge in [0.25, 0.3) is 0 Å². The number of aliphatic hydroxyl groups excluding tert-OH is 1. The fourth-order valence-electron chi connectivity index (χ4n) is 4.44. The van der Waals surface area contributed by atoms with Crippen LogP contribution in [0.25, 0.3) is 5.65 Å². The molecular formula is C24H29BrN6O2. The number of aromatic nitrogens is 3. The second kappa shape index (κ2) is 9.69. The molecule has 1 aromatic carbocycles. The number of anilines is 3. The average molecular weight is 513 g/mol. The van der Waals surface area contributed by atoms with Crippen molar-refractivity contribution in [3.05, 3.63) is 46.6 Å². The van der Waals surface area contributed by atoms with E-state index < -0.39 is 0 Å². The van der Waals surface area contributed by atoms with E-state index >= 15 is 0 Å². The van der Waals surface area contributed by atoms with Gasteiger partial charge in [0.15, 0.2) is 5.65 Å². The van der Waals surface area contributed by atoms with Crippen molar-refractivity contribution in [1.82, 2.24) is 14.6 Å². The summed E-state index contributed by atoms with van der Waals surface area (Å²) in [5, 5.41) is 20.5. The van der Waals surface area contributed by atoms with Gasteiger partial charge in [0.2, 0.25) is 5.91 Å². The van der Waals surface area contributed by atoms with E-state index in [0.717, 1.165) is 71.7 Å². The molecule has 33 heavy (non-hydrogen) atoms. The number of benzene rings is 1. The molecule has 3 aromatic rings. The van der Waals surface area contributed by atoms with E-state index in [0.29, 0.717) is 12.6 Å². The summed E-state index contributed by atoms with van der Waals surface area (Å²) in [6, 6.07) is 10.3. The Morgan fingerprint density at radius 1 is 1.18 bits per heavy atom. The van der Waals surface area contributed by atoms with Gasteiger partial charge >= 0.3 is 0 Å². The molecule has 0 bridgehead atoms. The van der Waals surface area contributed by atoms with Gasteiger partial charge in [0.1, 0.15) is 11.6 Å². The molecule has 1 aliphatic heterocycles. The summed E-state index contributed by atoms with van der Waals surface area (Å²) in [5.74, 6) is 2.08. The summed E-state index contributed by atoms with van der Waals surface area (Å²) in [5.41, 5.74) is 2.70. The van der Waals surface area contributed by atoms with Gasteiger partial charge < -0.3 is 20.6 Å².